The van der Waals surface area contributed by atoms with Gasteiger partial charge in [-0.05, 0) is 27.7 Å². The third-order valence-corrected chi connectivity index (χ3v) is 1.02. The molecule has 64 valence electrons. The summed E-state index contributed by atoms with van der Waals surface area (Å²) in [6.45, 7) is 4.14. The lowest BCUT2D eigenvalue weighted by atomic mass is 10.6. The molecule has 0 bridgehead atoms. The van der Waals surface area contributed by atoms with Gasteiger partial charge in [0.15, 0.2) is 0 Å². The number of likely N-dealkylation sites (N-methyl/N-ethyl adjacent to an activating group) is 1. The van der Waals surface area contributed by atoms with Crippen molar-refractivity contribution >= 4 is 0 Å². The second-order valence-electron chi connectivity index (χ2n) is 2.12. The van der Waals surface area contributed by atoms with E-state index in [1.807, 2.05) is 21.1 Å². The van der Waals surface area contributed by atoms with Crippen molar-refractivity contribution in [2.75, 3.05) is 40.8 Å². The molecule has 0 aliphatic rings. The zero-order valence-corrected chi connectivity index (χ0v) is 7.52. The zero-order valence-electron chi connectivity index (χ0n) is 7.52. The molecule has 3 heteroatoms. The lowest BCUT2D eigenvalue weighted by molar-refractivity contribution is 0.227. The van der Waals surface area contributed by atoms with E-state index in [9.17, 15) is 0 Å². The van der Waals surface area contributed by atoms with Crippen LogP contribution in [0.15, 0.2) is 0 Å². The molecule has 0 atom stereocenters. The van der Waals surface area contributed by atoms with Crippen LogP contribution in [0.3, 0.4) is 0 Å². The molecular weight excluding hydrogens is 128 g/mol. The quantitative estimate of drug-likeness (QED) is 0.580. The molecule has 0 radical (unpaired) electrons. The predicted octanol–water partition coefficient (Wildman–Crippen LogP) is -0.234. The molecule has 0 rings (SSSR count). The molecule has 0 aromatic heterocycles. The van der Waals surface area contributed by atoms with E-state index in [1.165, 1.54) is 0 Å². The summed E-state index contributed by atoms with van der Waals surface area (Å²) in [4.78, 5) is 2.06. The SMILES string of the molecule is CCN(C)CCO.CNC. The van der Waals surface area contributed by atoms with Gasteiger partial charge in [0, 0.05) is 6.54 Å². The van der Waals surface area contributed by atoms with Gasteiger partial charge in [0.05, 0.1) is 6.61 Å². The van der Waals surface area contributed by atoms with E-state index in [-0.39, 0.29) is 6.61 Å². The molecule has 0 saturated heterocycles. The minimum absolute atomic E-state index is 0.268. The first-order chi connectivity index (χ1) is 4.72. The van der Waals surface area contributed by atoms with E-state index < -0.39 is 0 Å². The Morgan fingerprint density at radius 3 is 1.90 bits per heavy atom. The standard InChI is InChI=1S/C5H13NO.C2H7N/c1-3-6(2)4-5-7;1-3-2/h7H,3-5H2,1-2H3;3H,1-2H3. The van der Waals surface area contributed by atoms with Crippen LogP contribution in [0.4, 0.5) is 0 Å². The fraction of sp³-hybridized carbons (Fsp3) is 1.00. The van der Waals surface area contributed by atoms with E-state index >= 15 is 0 Å². The number of hydrogen-bond acceptors (Lipinski definition) is 3. The van der Waals surface area contributed by atoms with E-state index in [1.54, 1.807) is 0 Å². The molecular formula is C7H20N2O. The Bertz CT molecular complexity index is 50.9. The van der Waals surface area contributed by atoms with Crippen molar-refractivity contribution in [1.82, 2.24) is 10.2 Å². The maximum absolute atomic E-state index is 8.33. The molecule has 0 heterocycles. The summed E-state index contributed by atoms with van der Waals surface area (Å²) in [5.74, 6) is 0. The van der Waals surface area contributed by atoms with Crippen molar-refractivity contribution < 1.29 is 5.11 Å². The molecule has 0 amide bonds. The summed E-state index contributed by atoms with van der Waals surface area (Å²) in [6.07, 6.45) is 0. The largest absolute Gasteiger partial charge is 0.395 e. The van der Waals surface area contributed by atoms with Crippen LogP contribution in [0.5, 0.6) is 0 Å². The number of aliphatic hydroxyl groups is 1. The van der Waals surface area contributed by atoms with Crippen molar-refractivity contribution in [3.05, 3.63) is 0 Å². The molecule has 3 nitrogen and oxygen atoms in total. The molecule has 0 aromatic carbocycles. The number of nitrogens with one attached hydrogen (secondary N) is 1. The second kappa shape index (κ2) is 11.6. The Kier molecular flexibility index (Phi) is 14.6. The van der Waals surface area contributed by atoms with Gasteiger partial charge in [-0.25, -0.2) is 0 Å². The summed E-state index contributed by atoms with van der Waals surface area (Å²) in [5.41, 5.74) is 0. The second-order valence-corrected chi connectivity index (χ2v) is 2.12. The Morgan fingerprint density at radius 1 is 1.40 bits per heavy atom. The van der Waals surface area contributed by atoms with Crippen molar-refractivity contribution in [1.29, 1.82) is 0 Å². The lowest BCUT2D eigenvalue weighted by Gasteiger charge is -2.09. The van der Waals surface area contributed by atoms with Gasteiger partial charge in [-0.3, -0.25) is 0 Å². The highest BCUT2D eigenvalue weighted by Gasteiger charge is 1.87. The van der Waals surface area contributed by atoms with Gasteiger partial charge in [-0.2, -0.15) is 0 Å². The molecule has 0 aliphatic heterocycles. The Hall–Kier alpha value is -0.120. The topological polar surface area (TPSA) is 35.5 Å². The van der Waals surface area contributed by atoms with Crippen LogP contribution in [0.25, 0.3) is 0 Å². The van der Waals surface area contributed by atoms with E-state index in [0.717, 1.165) is 13.1 Å². The van der Waals surface area contributed by atoms with E-state index in [4.69, 9.17) is 5.11 Å². The fourth-order valence-electron chi connectivity index (χ4n) is 0.329. The van der Waals surface area contributed by atoms with Crippen LogP contribution in [0, 0.1) is 0 Å². The molecule has 0 aromatic rings. The number of rotatable bonds is 3. The highest BCUT2D eigenvalue weighted by molar-refractivity contribution is 4.41. The third kappa shape index (κ3) is 15.7. The smallest absolute Gasteiger partial charge is 0.0558 e. The Labute approximate surface area is 64.0 Å². The van der Waals surface area contributed by atoms with Crippen LogP contribution < -0.4 is 5.32 Å². The molecule has 10 heavy (non-hydrogen) atoms. The lowest BCUT2D eigenvalue weighted by Crippen LogP contribution is -2.20. The average Bonchev–Trinajstić information content (AvgIpc) is 1.90. The molecule has 2 N–H and O–H groups in total. The number of hydrogen-bond donors (Lipinski definition) is 2. The van der Waals surface area contributed by atoms with Crippen LogP contribution in [0.1, 0.15) is 6.92 Å². The predicted molar refractivity (Wildman–Crippen MR) is 45.2 cm³/mol. The van der Waals surface area contributed by atoms with Crippen LogP contribution in [-0.4, -0.2) is 50.8 Å². The van der Waals surface area contributed by atoms with E-state index in [2.05, 4.69) is 17.1 Å². The maximum Gasteiger partial charge on any atom is 0.0558 e. The van der Waals surface area contributed by atoms with Crippen molar-refractivity contribution in [2.24, 2.45) is 0 Å². The fourth-order valence-corrected chi connectivity index (χ4v) is 0.329. The van der Waals surface area contributed by atoms with Crippen LogP contribution in [-0.2, 0) is 0 Å². The summed E-state index contributed by atoms with van der Waals surface area (Å²) >= 11 is 0. The normalized spacial score (nSPS) is 9.00. The summed E-state index contributed by atoms with van der Waals surface area (Å²) in [7, 11) is 5.73. The highest BCUT2D eigenvalue weighted by Crippen LogP contribution is 1.75. The minimum Gasteiger partial charge on any atom is -0.395 e. The van der Waals surface area contributed by atoms with Crippen LogP contribution in [0.2, 0.25) is 0 Å². The van der Waals surface area contributed by atoms with Crippen molar-refractivity contribution in [2.45, 2.75) is 6.92 Å². The van der Waals surface area contributed by atoms with Gasteiger partial charge in [-0.1, -0.05) is 6.92 Å². The maximum atomic E-state index is 8.33. The number of aliphatic hydroxyl groups excluding tert-OH is 1. The van der Waals surface area contributed by atoms with Crippen LogP contribution >= 0.6 is 0 Å². The van der Waals surface area contributed by atoms with Gasteiger partial charge < -0.3 is 15.3 Å². The first-order valence-corrected chi connectivity index (χ1v) is 3.60. The van der Waals surface area contributed by atoms with Gasteiger partial charge >= 0.3 is 0 Å². The molecule has 0 unspecified atom stereocenters. The molecule has 0 fully saturated rings. The first-order valence-electron chi connectivity index (χ1n) is 3.60. The minimum atomic E-state index is 0.268. The highest BCUT2D eigenvalue weighted by atomic mass is 16.3. The Morgan fingerprint density at radius 2 is 1.80 bits per heavy atom. The van der Waals surface area contributed by atoms with Gasteiger partial charge in [0.2, 0.25) is 0 Å². The Balaban J connectivity index is 0. The summed E-state index contributed by atoms with van der Waals surface area (Å²) in [5, 5.41) is 11.1. The summed E-state index contributed by atoms with van der Waals surface area (Å²) in [6, 6.07) is 0. The monoisotopic (exact) mass is 148 g/mol. The first kappa shape index (κ1) is 12.5. The summed E-state index contributed by atoms with van der Waals surface area (Å²) < 4.78 is 0. The third-order valence-electron chi connectivity index (χ3n) is 1.02. The zero-order chi connectivity index (χ0) is 8.41. The average molecular weight is 148 g/mol. The molecule has 0 aliphatic carbocycles. The van der Waals surface area contributed by atoms with Gasteiger partial charge in [0.1, 0.15) is 0 Å². The van der Waals surface area contributed by atoms with E-state index in [0.29, 0.717) is 0 Å². The van der Waals surface area contributed by atoms with Crippen molar-refractivity contribution in [3.8, 4) is 0 Å². The number of nitrogens with zero attached hydrogens (tertiary/aromatic N) is 1. The molecule has 0 spiro atoms. The molecule has 0 saturated carbocycles. The van der Waals surface area contributed by atoms with Gasteiger partial charge in [-0.15, -0.1) is 0 Å². The van der Waals surface area contributed by atoms with Gasteiger partial charge in [0.25, 0.3) is 0 Å². The van der Waals surface area contributed by atoms with Crippen molar-refractivity contribution in [3.63, 3.8) is 0 Å².